The van der Waals surface area contributed by atoms with E-state index in [2.05, 4.69) is 32.9 Å². The van der Waals surface area contributed by atoms with Crippen LogP contribution in [0.15, 0.2) is 45.6 Å². The minimum Gasteiger partial charge on any atom is -0.450 e. The van der Waals surface area contributed by atoms with Crippen LogP contribution in [0, 0.1) is 13.8 Å². The van der Waals surface area contributed by atoms with Crippen LogP contribution in [-0.4, -0.2) is 30.1 Å². The molecule has 0 aliphatic carbocycles. The summed E-state index contributed by atoms with van der Waals surface area (Å²) >= 11 is 0. The topological polar surface area (TPSA) is 59.8 Å². The van der Waals surface area contributed by atoms with Crippen LogP contribution in [-0.2, 0) is 10.2 Å². The highest BCUT2D eigenvalue weighted by Crippen LogP contribution is 2.39. The van der Waals surface area contributed by atoms with Crippen molar-refractivity contribution in [2.24, 2.45) is 0 Å². The average molecular weight is 446 g/mol. The van der Waals surface area contributed by atoms with Gasteiger partial charge in [-0.3, -0.25) is 9.59 Å². The van der Waals surface area contributed by atoms with Gasteiger partial charge in [0, 0.05) is 13.2 Å². The van der Waals surface area contributed by atoms with Crippen molar-refractivity contribution in [3.63, 3.8) is 0 Å². The summed E-state index contributed by atoms with van der Waals surface area (Å²) < 4.78 is 12.0. The molecule has 5 nitrogen and oxygen atoms in total. The molecule has 0 radical (unpaired) electrons. The number of aryl methyl sites for hydroxylation is 2. The quantitative estimate of drug-likeness (QED) is 0.539. The fraction of sp³-hybridized carbons (Fsp3) is 0.429. The second kappa shape index (κ2) is 7.84. The molecule has 3 aromatic rings. The van der Waals surface area contributed by atoms with Gasteiger partial charge in [-0.15, -0.1) is 0 Å². The molecular weight excluding hydrogens is 414 g/mol. The predicted octanol–water partition coefficient (Wildman–Crippen LogP) is 5.43. The van der Waals surface area contributed by atoms with Gasteiger partial charge in [-0.05, 0) is 66.5 Å². The van der Waals surface area contributed by atoms with E-state index in [9.17, 15) is 9.59 Å². The predicted molar refractivity (Wildman–Crippen MR) is 129 cm³/mol. The number of carbonyl (C=O) groups is 1. The lowest BCUT2D eigenvalue weighted by Gasteiger charge is -2.28. The molecule has 2 aliphatic heterocycles. The van der Waals surface area contributed by atoms with Crippen LogP contribution in [0.5, 0.6) is 0 Å². The molecule has 172 valence electrons. The van der Waals surface area contributed by atoms with Crippen LogP contribution >= 0.6 is 0 Å². The van der Waals surface area contributed by atoms with Crippen LogP contribution in [0.4, 0.5) is 0 Å². The molecule has 0 spiro atoms. The maximum atomic E-state index is 13.8. The third kappa shape index (κ3) is 3.68. The molecule has 0 saturated carbocycles. The summed E-state index contributed by atoms with van der Waals surface area (Å²) in [6.07, 6.45) is 1.88. The molecule has 2 atom stereocenters. The number of benzene rings is 2. The number of amides is 1. The fourth-order valence-electron chi connectivity index (χ4n) is 4.98. The highest BCUT2D eigenvalue weighted by atomic mass is 16.5. The van der Waals surface area contributed by atoms with Crippen molar-refractivity contribution in [1.29, 1.82) is 0 Å². The van der Waals surface area contributed by atoms with E-state index < -0.39 is 6.04 Å². The molecule has 2 aliphatic rings. The molecule has 1 aromatic heterocycles. The Hall–Kier alpha value is -2.92. The van der Waals surface area contributed by atoms with Gasteiger partial charge in [0.1, 0.15) is 5.58 Å². The van der Waals surface area contributed by atoms with Crippen molar-refractivity contribution in [1.82, 2.24) is 4.90 Å². The summed E-state index contributed by atoms with van der Waals surface area (Å²) in [4.78, 5) is 29.1. The van der Waals surface area contributed by atoms with Crippen molar-refractivity contribution in [2.75, 3.05) is 13.2 Å². The first-order chi connectivity index (χ1) is 15.6. The third-order valence-electron chi connectivity index (χ3n) is 7.10. The number of ether oxygens (including phenoxy) is 1. The lowest BCUT2D eigenvalue weighted by atomic mass is 9.86. The number of nitrogens with zero attached hydrogens (tertiary/aromatic N) is 1. The van der Waals surface area contributed by atoms with Gasteiger partial charge in [-0.1, -0.05) is 45.0 Å². The summed E-state index contributed by atoms with van der Waals surface area (Å²) in [5.41, 5.74) is 4.99. The lowest BCUT2D eigenvalue weighted by Crippen LogP contribution is -2.36. The molecule has 33 heavy (non-hydrogen) atoms. The first-order valence-corrected chi connectivity index (χ1v) is 11.8. The van der Waals surface area contributed by atoms with Gasteiger partial charge in [0.15, 0.2) is 5.43 Å². The Morgan fingerprint density at radius 2 is 1.73 bits per heavy atom. The monoisotopic (exact) mass is 445 g/mol. The van der Waals surface area contributed by atoms with Crippen molar-refractivity contribution < 1.29 is 13.9 Å². The summed E-state index contributed by atoms with van der Waals surface area (Å²) in [6.45, 7) is 11.6. The smallest absolute Gasteiger partial charge is 0.291 e. The zero-order chi connectivity index (χ0) is 23.5. The SMILES string of the molecule is Cc1cc2oc3c(c(=O)c2cc1C)[C@H](c1ccc(C(C)(C)C)cc1)N(C[C@@H]1CCCO1)C3=O. The highest BCUT2D eigenvalue weighted by molar-refractivity contribution is 5.99. The van der Waals surface area contributed by atoms with Crippen LogP contribution in [0.3, 0.4) is 0 Å². The van der Waals surface area contributed by atoms with E-state index in [-0.39, 0.29) is 28.6 Å². The lowest BCUT2D eigenvalue weighted by molar-refractivity contribution is 0.0486. The molecule has 5 rings (SSSR count). The molecule has 0 N–H and O–H groups in total. The zero-order valence-electron chi connectivity index (χ0n) is 20.0. The van der Waals surface area contributed by atoms with E-state index >= 15 is 0 Å². The zero-order valence-corrected chi connectivity index (χ0v) is 20.0. The third-order valence-corrected chi connectivity index (χ3v) is 7.10. The molecule has 1 amide bonds. The number of rotatable bonds is 3. The Morgan fingerprint density at radius 3 is 2.36 bits per heavy atom. The van der Waals surface area contributed by atoms with Gasteiger partial charge in [-0.25, -0.2) is 0 Å². The molecular formula is C28H31NO4. The standard InChI is InChI=1S/C28H31NO4/c1-16-13-21-22(14-17(16)2)33-26-23(25(21)30)24(18-8-10-19(11-9-18)28(3,4)5)29(27(26)31)15-20-7-6-12-32-20/h8-11,13-14,20,24H,6-7,12,15H2,1-5H3/t20-,24-/m0/s1. The van der Waals surface area contributed by atoms with Gasteiger partial charge < -0.3 is 14.1 Å². The van der Waals surface area contributed by atoms with E-state index in [1.165, 1.54) is 5.56 Å². The molecule has 5 heteroatoms. The summed E-state index contributed by atoms with van der Waals surface area (Å²) in [5.74, 6) is -0.0683. The molecule has 1 fully saturated rings. The van der Waals surface area contributed by atoms with Crippen molar-refractivity contribution >= 4 is 16.9 Å². The molecule has 1 saturated heterocycles. The summed E-state index contributed by atoms with van der Waals surface area (Å²) in [6, 6.07) is 11.5. The highest BCUT2D eigenvalue weighted by Gasteiger charge is 2.44. The van der Waals surface area contributed by atoms with Gasteiger partial charge in [0.2, 0.25) is 5.76 Å². The number of carbonyl (C=O) groups excluding carboxylic acids is 1. The fourth-order valence-corrected chi connectivity index (χ4v) is 4.98. The molecule has 0 unspecified atom stereocenters. The summed E-state index contributed by atoms with van der Waals surface area (Å²) in [7, 11) is 0. The van der Waals surface area contributed by atoms with Crippen molar-refractivity contribution in [3.8, 4) is 0 Å². The first-order valence-electron chi connectivity index (χ1n) is 11.8. The number of fused-ring (bicyclic) bond motifs is 2. The Labute approximate surface area is 194 Å². The van der Waals surface area contributed by atoms with E-state index in [1.54, 1.807) is 4.90 Å². The van der Waals surface area contributed by atoms with Gasteiger partial charge >= 0.3 is 0 Å². The van der Waals surface area contributed by atoms with Crippen LogP contribution in [0.2, 0.25) is 0 Å². The molecule has 3 heterocycles. The van der Waals surface area contributed by atoms with E-state index in [1.807, 2.05) is 38.1 Å². The van der Waals surface area contributed by atoms with Crippen molar-refractivity contribution in [3.05, 3.63) is 80.2 Å². The Morgan fingerprint density at radius 1 is 1.03 bits per heavy atom. The minimum absolute atomic E-state index is 0.0178. The van der Waals surface area contributed by atoms with E-state index in [0.29, 0.717) is 29.7 Å². The normalized spacial score (nSPS) is 20.6. The summed E-state index contributed by atoms with van der Waals surface area (Å²) in [5, 5.41) is 0.528. The van der Waals surface area contributed by atoms with Crippen LogP contribution < -0.4 is 5.43 Å². The van der Waals surface area contributed by atoms with Gasteiger partial charge in [0.05, 0.1) is 23.1 Å². The van der Waals surface area contributed by atoms with E-state index in [4.69, 9.17) is 9.15 Å². The Balaban J connectivity index is 1.69. The minimum atomic E-state index is -0.479. The van der Waals surface area contributed by atoms with Crippen LogP contribution in [0.1, 0.15) is 78.0 Å². The van der Waals surface area contributed by atoms with Crippen LogP contribution in [0.25, 0.3) is 11.0 Å². The first kappa shape index (κ1) is 21.9. The Kier molecular flexibility index (Phi) is 5.20. The average Bonchev–Trinajstić information content (AvgIpc) is 3.37. The van der Waals surface area contributed by atoms with Gasteiger partial charge in [-0.2, -0.15) is 0 Å². The maximum absolute atomic E-state index is 13.8. The molecule has 2 aromatic carbocycles. The van der Waals surface area contributed by atoms with Crippen molar-refractivity contribution in [2.45, 2.75) is 65.0 Å². The second-order valence-electron chi connectivity index (χ2n) is 10.5. The Bertz CT molecular complexity index is 1290. The van der Waals surface area contributed by atoms with E-state index in [0.717, 1.165) is 29.5 Å². The molecule has 0 bridgehead atoms. The maximum Gasteiger partial charge on any atom is 0.291 e. The largest absolute Gasteiger partial charge is 0.450 e. The second-order valence-corrected chi connectivity index (χ2v) is 10.5. The number of hydrogen-bond donors (Lipinski definition) is 0. The number of hydrogen-bond acceptors (Lipinski definition) is 4. The van der Waals surface area contributed by atoms with Gasteiger partial charge in [0.25, 0.3) is 5.91 Å².